The molecular weight excluding hydrogens is 264 g/mol. The van der Waals surface area contributed by atoms with Crippen molar-refractivity contribution in [1.29, 1.82) is 0 Å². The van der Waals surface area contributed by atoms with Crippen LogP contribution in [-0.2, 0) is 4.74 Å². The highest BCUT2D eigenvalue weighted by molar-refractivity contribution is 6.00. The molecular formula is C17H26N2O2. The van der Waals surface area contributed by atoms with Crippen molar-refractivity contribution >= 4 is 11.6 Å². The predicted molar refractivity (Wildman–Crippen MR) is 86.0 cm³/mol. The van der Waals surface area contributed by atoms with Crippen molar-refractivity contribution < 1.29 is 9.53 Å². The van der Waals surface area contributed by atoms with E-state index in [0.29, 0.717) is 18.5 Å². The summed E-state index contributed by atoms with van der Waals surface area (Å²) in [5, 5.41) is 3.06. The van der Waals surface area contributed by atoms with Crippen LogP contribution < -0.4 is 10.2 Å². The Hall–Kier alpha value is -1.55. The minimum atomic E-state index is 0.00750. The number of hydrogen-bond acceptors (Lipinski definition) is 3. The summed E-state index contributed by atoms with van der Waals surface area (Å²) in [5.41, 5.74) is 2.84. The zero-order valence-electron chi connectivity index (χ0n) is 13.5. The molecule has 0 aromatic heterocycles. The molecule has 0 bridgehead atoms. The van der Waals surface area contributed by atoms with E-state index in [1.807, 2.05) is 26.1 Å². The highest BCUT2D eigenvalue weighted by atomic mass is 16.5. The second-order valence-corrected chi connectivity index (χ2v) is 6.16. The second kappa shape index (κ2) is 6.94. The lowest BCUT2D eigenvalue weighted by Crippen LogP contribution is -2.33. The summed E-state index contributed by atoms with van der Waals surface area (Å²) in [7, 11) is 2.02. The standard InChI is InChI=1S/C17H26N2O2/c1-12(2)19(4)16-6-5-13(3)9-15(16)17(20)18-10-14-7-8-21-11-14/h5-6,9,12,14H,7-8,10-11H2,1-4H3,(H,18,20)/t14-/m0/s1. The summed E-state index contributed by atoms with van der Waals surface area (Å²) in [6, 6.07) is 6.40. The third-order valence-electron chi connectivity index (χ3n) is 4.13. The van der Waals surface area contributed by atoms with Crippen LogP contribution in [0.25, 0.3) is 0 Å². The van der Waals surface area contributed by atoms with Gasteiger partial charge >= 0.3 is 0 Å². The Balaban J connectivity index is 2.12. The monoisotopic (exact) mass is 290 g/mol. The molecule has 1 N–H and O–H groups in total. The molecule has 1 fully saturated rings. The minimum absolute atomic E-state index is 0.00750. The van der Waals surface area contributed by atoms with Crippen LogP contribution in [0.1, 0.15) is 36.2 Å². The van der Waals surface area contributed by atoms with E-state index in [2.05, 4.69) is 30.1 Å². The summed E-state index contributed by atoms with van der Waals surface area (Å²) < 4.78 is 5.35. The van der Waals surface area contributed by atoms with Gasteiger partial charge in [0.1, 0.15) is 0 Å². The largest absolute Gasteiger partial charge is 0.381 e. The van der Waals surface area contributed by atoms with Gasteiger partial charge in [-0.05, 0) is 39.3 Å². The van der Waals surface area contributed by atoms with E-state index >= 15 is 0 Å². The molecule has 0 aliphatic carbocycles. The average Bonchev–Trinajstić information content (AvgIpc) is 2.97. The molecule has 4 nitrogen and oxygen atoms in total. The van der Waals surface area contributed by atoms with Crippen LogP contribution >= 0.6 is 0 Å². The Bertz CT molecular complexity index is 494. The molecule has 0 spiro atoms. The number of rotatable bonds is 5. The molecule has 1 atom stereocenters. The van der Waals surface area contributed by atoms with Gasteiger partial charge < -0.3 is 15.0 Å². The van der Waals surface area contributed by atoms with E-state index in [0.717, 1.165) is 36.4 Å². The van der Waals surface area contributed by atoms with Crippen LogP contribution in [0.2, 0.25) is 0 Å². The van der Waals surface area contributed by atoms with Crippen molar-refractivity contribution in [3.8, 4) is 0 Å². The van der Waals surface area contributed by atoms with Crippen molar-refractivity contribution in [2.45, 2.75) is 33.2 Å². The van der Waals surface area contributed by atoms with Crippen LogP contribution in [0, 0.1) is 12.8 Å². The molecule has 1 aliphatic heterocycles. The van der Waals surface area contributed by atoms with Crippen molar-refractivity contribution in [3.05, 3.63) is 29.3 Å². The fraction of sp³-hybridized carbons (Fsp3) is 0.588. The van der Waals surface area contributed by atoms with Gasteiger partial charge in [-0.3, -0.25) is 4.79 Å². The summed E-state index contributed by atoms with van der Waals surface area (Å²) in [6.45, 7) is 8.52. The first-order chi connectivity index (χ1) is 9.99. The normalized spacial score (nSPS) is 18.0. The van der Waals surface area contributed by atoms with Gasteiger partial charge in [-0.1, -0.05) is 11.6 Å². The zero-order valence-corrected chi connectivity index (χ0v) is 13.5. The van der Waals surface area contributed by atoms with Crippen molar-refractivity contribution in [1.82, 2.24) is 5.32 Å². The molecule has 116 valence electrons. The van der Waals surface area contributed by atoms with Crippen molar-refractivity contribution in [2.24, 2.45) is 5.92 Å². The maximum atomic E-state index is 12.5. The number of carbonyl (C=O) groups is 1. The molecule has 21 heavy (non-hydrogen) atoms. The van der Waals surface area contributed by atoms with E-state index in [1.54, 1.807) is 0 Å². The number of nitrogens with one attached hydrogen (secondary N) is 1. The van der Waals surface area contributed by atoms with E-state index < -0.39 is 0 Å². The van der Waals surface area contributed by atoms with E-state index in [-0.39, 0.29) is 5.91 Å². The quantitative estimate of drug-likeness (QED) is 0.906. The highest BCUT2D eigenvalue weighted by Crippen LogP contribution is 2.23. The van der Waals surface area contributed by atoms with Gasteiger partial charge in [-0.2, -0.15) is 0 Å². The van der Waals surface area contributed by atoms with E-state index in [9.17, 15) is 4.79 Å². The number of ether oxygens (including phenoxy) is 1. The maximum Gasteiger partial charge on any atom is 0.253 e. The Morgan fingerprint density at radius 2 is 2.24 bits per heavy atom. The number of carbonyl (C=O) groups excluding carboxylic acids is 1. The lowest BCUT2D eigenvalue weighted by atomic mass is 10.1. The lowest BCUT2D eigenvalue weighted by molar-refractivity contribution is 0.0945. The number of aryl methyl sites for hydroxylation is 1. The van der Waals surface area contributed by atoms with Gasteiger partial charge in [0.15, 0.2) is 0 Å². The Morgan fingerprint density at radius 1 is 1.48 bits per heavy atom. The van der Waals surface area contributed by atoms with Crippen LogP contribution in [0.3, 0.4) is 0 Å². The Morgan fingerprint density at radius 3 is 2.86 bits per heavy atom. The summed E-state index contributed by atoms with van der Waals surface area (Å²) in [6.07, 6.45) is 1.03. The highest BCUT2D eigenvalue weighted by Gasteiger charge is 2.19. The Labute approximate surface area is 127 Å². The second-order valence-electron chi connectivity index (χ2n) is 6.16. The molecule has 4 heteroatoms. The number of amides is 1. The predicted octanol–water partition coefficient (Wildman–Crippen LogP) is 2.61. The summed E-state index contributed by atoms with van der Waals surface area (Å²) in [4.78, 5) is 14.7. The molecule has 1 heterocycles. The molecule has 1 aromatic rings. The molecule has 1 amide bonds. The number of benzene rings is 1. The summed E-state index contributed by atoms with van der Waals surface area (Å²) in [5.74, 6) is 0.457. The molecule has 1 aromatic carbocycles. The fourth-order valence-corrected chi connectivity index (χ4v) is 2.49. The lowest BCUT2D eigenvalue weighted by Gasteiger charge is -2.26. The molecule has 0 unspecified atom stereocenters. The first-order valence-corrected chi connectivity index (χ1v) is 7.68. The van der Waals surface area contributed by atoms with Crippen molar-refractivity contribution in [3.63, 3.8) is 0 Å². The molecule has 0 radical (unpaired) electrons. The van der Waals surface area contributed by atoms with Gasteiger partial charge in [-0.15, -0.1) is 0 Å². The first kappa shape index (κ1) is 15.8. The van der Waals surface area contributed by atoms with Gasteiger partial charge in [0.05, 0.1) is 12.2 Å². The van der Waals surface area contributed by atoms with E-state index in [1.165, 1.54) is 0 Å². The minimum Gasteiger partial charge on any atom is -0.381 e. The van der Waals surface area contributed by atoms with Crippen LogP contribution in [0.15, 0.2) is 18.2 Å². The SMILES string of the molecule is Cc1ccc(N(C)C(C)C)c(C(=O)NC[C@@H]2CCOC2)c1. The van der Waals surface area contributed by atoms with Gasteiger partial charge in [0.25, 0.3) is 5.91 Å². The smallest absolute Gasteiger partial charge is 0.253 e. The maximum absolute atomic E-state index is 12.5. The van der Waals surface area contributed by atoms with Gasteiger partial charge in [0.2, 0.25) is 0 Å². The fourth-order valence-electron chi connectivity index (χ4n) is 2.49. The summed E-state index contributed by atoms with van der Waals surface area (Å²) >= 11 is 0. The Kier molecular flexibility index (Phi) is 5.23. The van der Waals surface area contributed by atoms with Crippen LogP contribution in [0.5, 0.6) is 0 Å². The van der Waals surface area contributed by atoms with Crippen LogP contribution in [-0.4, -0.2) is 38.8 Å². The molecule has 1 aliphatic rings. The number of nitrogens with zero attached hydrogens (tertiary/aromatic N) is 1. The van der Waals surface area contributed by atoms with Crippen molar-refractivity contribution in [2.75, 3.05) is 31.7 Å². The average molecular weight is 290 g/mol. The third-order valence-corrected chi connectivity index (χ3v) is 4.13. The van der Waals surface area contributed by atoms with E-state index in [4.69, 9.17) is 4.74 Å². The molecule has 1 saturated heterocycles. The van der Waals surface area contributed by atoms with Crippen LogP contribution in [0.4, 0.5) is 5.69 Å². The van der Waals surface area contributed by atoms with Gasteiger partial charge in [0, 0.05) is 37.8 Å². The topological polar surface area (TPSA) is 41.6 Å². The molecule has 0 saturated carbocycles. The van der Waals surface area contributed by atoms with Gasteiger partial charge in [-0.25, -0.2) is 0 Å². The number of anilines is 1. The third kappa shape index (κ3) is 3.97. The number of hydrogen-bond donors (Lipinski definition) is 1. The zero-order chi connectivity index (χ0) is 15.4. The molecule has 2 rings (SSSR count). The first-order valence-electron chi connectivity index (χ1n) is 7.68.